The lowest BCUT2D eigenvalue weighted by Gasteiger charge is -2.15. The molecule has 1 aromatic carbocycles. The minimum atomic E-state index is -0.635. The maximum atomic E-state index is 12.5. The maximum Gasteiger partial charge on any atom is 0.269 e. The number of nitrogens with one attached hydrogen (secondary N) is 2. The van der Waals surface area contributed by atoms with Crippen LogP contribution >= 0.6 is 22.6 Å². The first-order valence-electron chi connectivity index (χ1n) is 9.77. The van der Waals surface area contributed by atoms with Crippen LogP contribution in [-0.4, -0.2) is 27.4 Å². The van der Waals surface area contributed by atoms with E-state index in [4.69, 9.17) is 5.26 Å². The van der Waals surface area contributed by atoms with Crippen LogP contribution in [0.5, 0.6) is 0 Å². The van der Waals surface area contributed by atoms with Gasteiger partial charge in [-0.15, -0.1) is 0 Å². The van der Waals surface area contributed by atoms with Crippen LogP contribution in [0.25, 0.3) is 33.5 Å². The number of carbonyl (C=O) groups excluding carboxylic acids is 1. The van der Waals surface area contributed by atoms with Gasteiger partial charge >= 0.3 is 0 Å². The lowest BCUT2D eigenvalue weighted by molar-refractivity contribution is 0.0939. The van der Waals surface area contributed by atoms with Crippen molar-refractivity contribution in [2.24, 2.45) is 5.41 Å². The second kappa shape index (κ2) is 8.47. The van der Waals surface area contributed by atoms with Crippen LogP contribution in [-0.2, 0) is 0 Å². The molecule has 6 nitrogen and oxygen atoms in total. The fraction of sp³-hybridized carbons (Fsp3) is 0.167. The summed E-state index contributed by atoms with van der Waals surface area (Å²) in [4.78, 5) is 25.0. The number of pyridine rings is 2. The van der Waals surface area contributed by atoms with E-state index in [-0.39, 0.29) is 12.5 Å². The number of carbonyl (C=O) groups is 1. The molecule has 0 unspecified atom stereocenters. The second-order valence-corrected chi connectivity index (χ2v) is 8.97. The standard InChI is InChI=1S/C24H20IN5O/c1-24(2,13-26)14-28-23(31)19-10-6-9-18(29-19)16-11-17-20(25)21(30-22(17)27-12-16)15-7-4-3-5-8-15/h3-12H,14H2,1-2H3,(H,27,30)(H,28,31). The van der Waals surface area contributed by atoms with Gasteiger partial charge in [-0.05, 0) is 60.2 Å². The molecule has 0 bridgehead atoms. The first-order chi connectivity index (χ1) is 14.9. The molecule has 0 atom stereocenters. The van der Waals surface area contributed by atoms with E-state index in [0.29, 0.717) is 11.4 Å². The van der Waals surface area contributed by atoms with Crippen LogP contribution < -0.4 is 5.32 Å². The van der Waals surface area contributed by atoms with Gasteiger partial charge < -0.3 is 10.3 Å². The molecule has 4 rings (SSSR count). The largest absolute Gasteiger partial charge is 0.349 e. The Morgan fingerprint density at radius 1 is 1.16 bits per heavy atom. The Morgan fingerprint density at radius 2 is 1.94 bits per heavy atom. The smallest absolute Gasteiger partial charge is 0.269 e. The summed E-state index contributed by atoms with van der Waals surface area (Å²) < 4.78 is 1.08. The van der Waals surface area contributed by atoms with Crippen molar-refractivity contribution in [2.75, 3.05) is 6.54 Å². The molecule has 1 amide bonds. The topological polar surface area (TPSA) is 94.5 Å². The molecule has 0 aliphatic carbocycles. The molecule has 154 valence electrons. The number of aromatic nitrogens is 3. The number of rotatable bonds is 5. The monoisotopic (exact) mass is 521 g/mol. The highest BCUT2D eigenvalue weighted by Gasteiger charge is 2.19. The summed E-state index contributed by atoms with van der Waals surface area (Å²) in [5, 5.41) is 12.9. The number of hydrogen-bond acceptors (Lipinski definition) is 4. The zero-order valence-electron chi connectivity index (χ0n) is 17.1. The normalized spacial score (nSPS) is 11.3. The fourth-order valence-corrected chi connectivity index (χ4v) is 3.99. The Morgan fingerprint density at radius 3 is 2.68 bits per heavy atom. The van der Waals surface area contributed by atoms with Crippen LogP contribution in [0, 0.1) is 20.3 Å². The van der Waals surface area contributed by atoms with Gasteiger partial charge in [0.05, 0.1) is 22.9 Å². The molecule has 0 saturated heterocycles. The van der Waals surface area contributed by atoms with E-state index >= 15 is 0 Å². The highest BCUT2D eigenvalue weighted by Crippen LogP contribution is 2.32. The van der Waals surface area contributed by atoms with Crippen molar-refractivity contribution in [2.45, 2.75) is 13.8 Å². The van der Waals surface area contributed by atoms with E-state index in [1.54, 1.807) is 32.2 Å². The third-order valence-corrected chi connectivity index (χ3v) is 6.04. The average Bonchev–Trinajstić information content (AvgIpc) is 3.14. The lowest BCUT2D eigenvalue weighted by atomic mass is 9.96. The minimum absolute atomic E-state index is 0.256. The molecule has 0 aliphatic heterocycles. The molecule has 0 aliphatic rings. The van der Waals surface area contributed by atoms with E-state index < -0.39 is 5.41 Å². The van der Waals surface area contributed by atoms with Gasteiger partial charge in [-0.1, -0.05) is 36.4 Å². The number of nitrogens with zero attached hydrogens (tertiary/aromatic N) is 3. The quantitative estimate of drug-likeness (QED) is 0.354. The molecule has 31 heavy (non-hydrogen) atoms. The van der Waals surface area contributed by atoms with E-state index in [9.17, 15) is 4.79 Å². The number of benzene rings is 1. The van der Waals surface area contributed by atoms with Crippen molar-refractivity contribution in [3.05, 3.63) is 70.1 Å². The zero-order valence-corrected chi connectivity index (χ0v) is 19.3. The van der Waals surface area contributed by atoms with Crippen molar-refractivity contribution in [1.82, 2.24) is 20.3 Å². The Kier molecular flexibility index (Phi) is 5.74. The Bertz CT molecular complexity index is 1300. The number of halogens is 1. The highest BCUT2D eigenvalue weighted by molar-refractivity contribution is 14.1. The third-order valence-electron chi connectivity index (χ3n) is 4.92. The van der Waals surface area contributed by atoms with Crippen molar-refractivity contribution in [3.8, 4) is 28.6 Å². The van der Waals surface area contributed by atoms with E-state index in [1.165, 1.54) is 0 Å². The van der Waals surface area contributed by atoms with Gasteiger partial charge in [0, 0.05) is 27.3 Å². The van der Waals surface area contributed by atoms with Crippen LogP contribution in [0.2, 0.25) is 0 Å². The number of fused-ring (bicyclic) bond motifs is 1. The Labute approximate surface area is 193 Å². The molecule has 4 aromatic rings. The summed E-state index contributed by atoms with van der Waals surface area (Å²) in [5.41, 5.74) is 4.10. The molecule has 0 fully saturated rings. The number of H-pyrrole nitrogens is 1. The number of amides is 1. The van der Waals surface area contributed by atoms with Crippen LogP contribution in [0.4, 0.5) is 0 Å². The summed E-state index contributed by atoms with van der Waals surface area (Å²) in [6, 6.07) is 19.7. The predicted octanol–water partition coefficient (Wildman–Crippen LogP) is 5.18. The average molecular weight is 521 g/mol. The number of nitriles is 1. The van der Waals surface area contributed by atoms with Gasteiger partial charge in [-0.25, -0.2) is 9.97 Å². The first-order valence-corrected chi connectivity index (χ1v) is 10.9. The molecular weight excluding hydrogens is 501 g/mol. The number of hydrogen-bond donors (Lipinski definition) is 2. The first kappa shape index (κ1) is 21.0. The Balaban J connectivity index is 1.65. The molecule has 3 heterocycles. The SMILES string of the molecule is CC(C)(C#N)CNC(=O)c1cccc(-c2cnc3[nH]c(-c4ccccc4)c(I)c3c2)n1. The van der Waals surface area contributed by atoms with Gasteiger partial charge in [-0.2, -0.15) is 5.26 Å². The molecule has 2 N–H and O–H groups in total. The van der Waals surface area contributed by atoms with Gasteiger partial charge in [-0.3, -0.25) is 4.79 Å². The summed E-state index contributed by atoms with van der Waals surface area (Å²) >= 11 is 2.33. The van der Waals surface area contributed by atoms with Crippen LogP contribution in [0.15, 0.2) is 60.8 Å². The number of aromatic amines is 1. The van der Waals surface area contributed by atoms with Gasteiger partial charge in [0.1, 0.15) is 11.3 Å². The highest BCUT2D eigenvalue weighted by atomic mass is 127. The molecule has 0 radical (unpaired) electrons. The van der Waals surface area contributed by atoms with Crippen molar-refractivity contribution in [3.63, 3.8) is 0 Å². The molecular formula is C24H20IN5O. The van der Waals surface area contributed by atoms with Crippen molar-refractivity contribution >= 4 is 39.5 Å². The molecule has 0 saturated carbocycles. The van der Waals surface area contributed by atoms with Gasteiger partial charge in [0.15, 0.2) is 0 Å². The Hall–Kier alpha value is -3.25. The molecule has 3 aromatic heterocycles. The second-order valence-electron chi connectivity index (χ2n) is 7.89. The summed E-state index contributed by atoms with van der Waals surface area (Å²) in [6.45, 7) is 3.81. The molecule has 7 heteroatoms. The molecule has 0 spiro atoms. The van der Waals surface area contributed by atoms with E-state index in [1.807, 2.05) is 30.3 Å². The zero-order chi connectivity index (χ0) is 22.0. The van der Waals surface area contributed by atoms with Crippen molar-refractivity contribution < 1.29 is 4.79 Å². The summed E-state index contributed by atoms with van der Waals surface area (Å²) in [6.07, 6.45) is 1.76. The van der Waals surface area contributed by atoms with E-state index in [2.05, 4.69) is 61.1 Å². The summed E-state index contributed by atoms with van der Waals surface area (Å²) in [7, 11) is 0. The lowest BCUT2D eigenvalue weighted by Crippen LogP contribution is -2.33. The third kappa shape index (κ3) is 4.44. The van der Waals surface area contributed by atoms with Gasteiger partial charge in [0.25, 0.3) is 5.91 Å². The van der Waals surface area contributed by atoms with Crippen LogP contribution in [0.1, 0.15) is 24.3 Å². The van der Waals surface area contributed by atoms with Crippen LogP contribution in [0.3, 0.4) is 0 Å². The maximum absolute atomic E-state index is 12.5. The van der Waals surface area contributed by atoms with Crippen molar-refractivity contribution in [1.29, 1.82) is 5.26 Å². The fourth-order valence-electron chi connectivity index (χ4n) is 3.14. The predicted molar refractivity (Wildman–Crippen MR) is 129 cm³/mol. The minimum Gasteiger partial charge on any atom is -0.349 e. The van der Waals surface area contributed by atoms with Gasteiger partial charge in [0.2, 0.25) is 0 Å². The van der Waals surface area contributed by atoms with E-state index in [0.717, 1.165) is 31.4 Å². The summed E-state index contributed by atoms with van der Waals surface area (Å²) in [5.74, 6) is -0.304.